The van der Waals surface area contributed by atoms with E-state index in [1.165, 1.54) is 6.92 Å². The first-order valence-corrected chi connectivity index (χ1v) is 9.06. The second kappa shape index (κ2) is 10.4. The van der Waals surface area contributed by atoms with Crippen LogP contribution in [0.2, 0.25) is 0 Å². The SMILES string of the molecule is CC(CC(=O)O)O[C@@H]1OC(CO)[C@@H](O[C@@H]2OC(CO)[C@H](O)C(O)C2O)C(O)C1O. The van der Waals surface area contributed by atoms with Crippen molar-refractivity contribution in [3.8, 4) is 0 Å². The van der Waals surface area contributed by atoms with Crippen LogP contribution in [0.1, 0.15) is 13.3 Å². The first-order valence-electron chi connectivity index (χ1n) is 9.06. The average Bonchev–Trinajstić information content (AvgIpc) is 2.66. The van der Waals surface area contributed by atoms with E-state index in [2.05, 4.69) is 0 Å². The highest BCUT2D eigenvalue weighted by atomic mass is 16.7. The molecule has 2 aliphatic heterocycles. The van der Waals surface area contributed by atoms with E-state index in [4.69, 9.17) is 24.1 Å². The van der Waals surface area contributed by atoms with Gasteiger partial charge in [-0.1, -0.05) is 0 Å². The van der Waals surface area contributed by atoms with Crippen molar-refractivity contribution in [3.05, 3.63) is 0 Å². The molecule has 2 rings (SSSR count). The topological polar surface area (TPSA) is 216 Å². The zero-order valence-corrected chi connectivity index (χ0v) is 15.6. The van der Waals surface area contributed by atoms with Gasteiger partial charge < -0.3 is 59.8 Å². The van der Waals surface area contributed by atoms with Gasteiger partial charge in [0.05, 0.1) is 25.7 Å². The number of hydrogen-bond acceptors (Lipinski definition) is 12. The molecule has 8 N–H and O–H groups in total. The highest BCUT2D eigenvalue weighted by Crippen LogP contribution is 2.30. The van der Waals surface area contributed by atoms with Crippen molar-refractivity contribution >= 4 is 5.97 Å². The molecule has 0 aromatic carbocycles. The zero-order chi connectivity index (χ0) is 21.9. The van der Waals surface area contributed by atoms with E-state index < -0.39 is 93.1 Å². The fourth-order valence-corrected chi connectivity index (χ4v) is 3.19. The molecule has 0 bridgehead atoms. The molecule has 13 heteroatoms. The molecule has 2 fully saturated rings. The van der Waals surface area contributed by atoms with Gasteiger partial charge in [0.1, 0.15) is 48.8 Å². The lowest BCUT2D eigenvalue weighted by Crippen LogP contribution is -2.64. The number of carbonyl (C=O) groups is 1. The number of aliphatic hydroxyl groups excluding tert-OH is 7. The van der Waals surface area contributed by atoms with Crippen LogP contribution in [0.3, 0.4) is 0 Å². The Balaban J connectivity index is 2.08. The van der Waals surface area contributed by atoms with Crippen molar-refractivity contribution in [2.75, 3.05) is 13.2 Å². The molecule has 29 heavy (non-hydrogen) atoms. The molecule has 2 heterocycles. The van der Waals surface area contributed by atoms with Crippen molar-refractivity contribution in [2.45, 2.75) is 80.9 Å². The minimum Gasteiger partial charge on any atom is -0.481 e. The van der Waals surface area contributed by atoms with E-state index in [0.717, 1.165) is 0 Å². The first-order chi connectivity index (χ1) is 13.6. The molecule has 0 aliphatic carbocycles. The molecule has 11 atom stereocenters. The van der Waals surface area contributed by atoms with Crippen molar-refractivity contribution in [2.24, 2.45) is 0 Å². The summed E-state index contributed by atoms with van der Waals surface area (Å²) in [5, 5.41) is 77.9. The van der Waals surface area contributed by atoms with Gasteiger partial charge in [-0.05, 0) is 6.92 Å². The smallest absolute Gasteiger partial charge is 0.305 e. The Kier molecular flexibility index (Phi) is 8.69. The Morgan fingerprint density at radius 2 is 1.41 bits per heavy atom. The van der Waals surface area contributed by atoms with Crippen LogP contribution in [0.5, 0.6) is 0 Å². The van der Waals surface area contributed by atoms with Gasteiger partial charge in [0.25, 0.3) is 0 Å². The van der Waals surface area contributed by atoms with Crippen molar-refractivity contribution in [1.82, 2.24) is 0 Å². The number of aliphatic hydroxyl groups is 7. The third-order valence-electron chi connectivity index (χ3n) is 4.79. The maximum atomic E-state index is 10.7. The molecular weight excluding hydrogens is 400 g/mol. The molecule has 2 aliphatic rings. The second-order valence-electron chi connectivity index (χ2n) is 7.05. The standard InChI is InChI=1S/C16H28O13/c1-5(2-8(19)20)26-15-13(25)11(23)14(7(4-18)28-15)29-16-12(24)10(22)9(21)6(3-17)27-16/h5-7,9-18,21-25H,2-4H2,1H3,(H,19,20)/t5?,6?,7?,9-,10?,11?,12?,13?,14+,15+,16-/m0/s1. The summed E-state index contributed by atoms with van der Waals surface area (Å²) >= 11 is 0. The maximum absolute atomic E-state index is 10.7. The normalized spacial score (nSPS) is 44.4. The van der Waals surface area contributed by atoms with E-state index >= 15 is 0 Å². The highest BCUT2D eigenvalue weighted by Gasteiger charge is 2.50. The van der Waals surface area contributed by atoms with Crippen LogP contribution in [-0.4, -0.2) is 128 Å². The number of carboxylic acid groups (broad SMARTS) is 1. The predicted molar refractivity (Wildman–Crippen MR) is 89.2 cm³/mol. The number of carboxylic acids is 1. The summed E-state index contributed by atoms with van der Waals surface area (Å²) in [6, 6.07) is 0. The summed E-state index contributed by atoms with van der Waals surface area (Å²) < 4.78 is 21.2. The summed E-state index contributed by atoms with van der Waals surface area (Å²) in [5.74, 6) is -1.15. The molecule has 170 valence electrons. The van der Waals surface area contributed by atoms with Crippen LogP contribution in [0.4, 0.5) is 0 Å². The van der Waals surface area contributed by atoms with Crippen LogP contribution < -0.4 is 0 Å². The third kappa shape index (κ3) is 5.59. The van der Waals surface area contributed by atoms with Crippen LogP contribution in [-0.2, 0) is 23.7 Å². The lowest BCUT2D eigenvalue weighted by atomic mass is 9.97. The summed E-state index contributed by atoms with van der Waals surface area (Å²) in [6.07, 6.45) is -16.9. The van der Waals surface area contributed by atoms with Crippen LogP contribution in [0.15, 0.2) is 0 Å². The Hall–Kier alpha value is -0.970. The summed E-state index contributed by atoms with van der Waals surface area (Å²) in [7, 11) is 0. The van der Waals surface area contributed by atoms with E-state index in [9.17, 15) is 40.5 Å². The number of hydrogen-bond donors (Lipinski definition) is 8. The van der Waals surface area contributed by atoms with E-state index in [1.807, 2.05) is 0 Å². The minimum atomic E-state index is -1.76. The fraction of sp³-hybridized carbons (Fsp3) is 0.938. The molecule has 0 aromatic rings. The predicted octanol–water partition coefficient (Wildman–Crippen LogP) is -4.51. The van der Waals surface area contributed by atoms with E-state index in [1.54, 1.807) is 0 Å². The third-order valence-corrected chi connectivity index (χ3v) is 4.79. The number of ether oxygens (including phenoxy) is 4. The fourth-order valence-electron chi connectivity index (χ4n) is 3.19. The van der Waals surface area contributed by atoms with Crippen LogP contribution in [0.25, 0.3) is 0 Å². The van der Waals surface area contributed by atoms with Gasteiger partial charge >= 0.3 is 5.97 Å². The Bertz CT molecular complexity index is 529. The molecule has 13 nitrogen and oxygen atoms in total. The summed E-state index contributed by atoms with van der Waals surface area (Å²) in [6.45, 7) is 0.0120. The van der Waals surface area contributed by atoms with Crippen LogP contribution >= 0.6 is 0 Å². The first kappa shape index (κ1) is 24.3. The Morgan fingerprint density at radius 3 is 1.97 bits per heavy atom. The van der Waals surface area contributed by atoms with E-state index in [0.29, 0.717) is 0 Å². The van der Waals surface area contributed by atoms with Gasteiger partial charge in [-0.15, -0.1) is 0 Å². The van der Waals surface area contributed by atoms with Gasteiger partial charge in [0, 0.05) is 0 Å². The summed E-state index contributed by atoms with van der Waals surface area (Å²) in [5.41, 5.74) is 0. The van der Waals surface area contributed by atoms with Crippen LogP contribution in [0, 0.1) is 0 Å². The van der Waals surface area contributed by atoms with Crippen molar-refractivity contribution < 1.29 is 64.6 Å². The Labute approximate surface area is 165 Å². The lowest BCUT2D eigenvalue weighted by molar-refractivity contribution is -0.362. The van der Waals surface area contributed by atoms with Gasteiger partial charge in [0.15, 0.2) is 12.6 Å². The molecule has 0 amide bonds. The molecular formula is C16H28O13. The monoisotopic (exact) mass is 428 g/mol. The molecule has 0 spiro atoms. The largest absolute Gasteiger partial charge is 0.481 e. The van der Waals surface area contributed by atoms with Gasteiger partial charge in [-0.3, -0.25) is 4.79 Å². The molecule has 0 radical (unpaired) electrons. The average molecular weight is 428 g/mol. The van der Waals surface area contributed by atoms with Crippen molar-refractivity contribution in [1.29, 1.82) is 0 Å². The maximum Gasteiger partial charge on any atom is 0.305 e. The molecule has 7 unspecified atom stereocenters. The van der Waals surface area contributed by atoms with Gasteiger partial charge in [0.2, 0.25) is 0 Å². The van der Waals surface area contributed by atoms with E-state index in [-0.39, 0.29) is 0 Å². The highest BCUT2D eigenvalue weighted by molar-refractivity contribution is 5.67. The number of rotatable bonds is 8. The van der Waals surface area contributed by atoms with Gasteiger partial charge in [-0.2, -0.15) is 0 Å². The molecule has 0 saturated carbocycles. The molecule has 0 aromatic heterocycles. The minimum absolute atomic E-state index is 0.392. The zero-order valence-electron chi connectivity index (χ0n) is 15.6. The van der Waals surface area contributed by atoms with Crippen molar-refractivity contribution in [3.63, 3.8) is 0 Å². The lowest BCUT2D eigenvalue weighted by Gasteiger charge is -2.46. The Morgan fingerprint density at radius 1 is 0.862 bits per heavy atom. The molecule has 2 saturated heterocycles. The second-order valence-corrected chi connectivity index (χ2v) is 7.05. The summed E-state index contributed by atoms with van der Waals surface area (Å²) in [4.78, 5) is 10.7. The quantitative estimate of drug-likeness (QED) is 0.183. The number of aliphatic carboxylic acids is 1. The van der Waals surface area contributed by atoms with Gasteiger partial charge in [-0.25, -0.2) is 0 Å².